The molecule has 0 saturated heterocycles. The summed E-state index contributed by atoms with van der Waals surface area (Å²) in [5.41, 5.74) is -1.23. The Morgan fingerprint density at radius 1 is 1.22 bits per heavy atom. The number of hydrogen-bond donors (Lipinski definition) is 3. The molecule has 0 atom stereocenters. The number of carbonyl (C=O) groups is 2. The Hall–Kier alpha value is -2.51. The largest absolute Gasteiger partial charge is 0.388 e. The number of nitrogens with one attached hydrogen (secondary N) is 2. The highest BCUT2D eigenvalue weighted by molar-refractivity contribution is 6.34. The highest BCUT2D eigenvalue weighted by Gasteiger charge is 2.30. The molecule has 1 aromatic carbocycles. The first-order valence-electron chi connectivity index (χ1n) is 8.79. The number of H-pyrrole nitrogens is 1. The number of hydrogen-bond acceptors (Lipinski definition) is 5. The highest BCUT2D eigenvalue weighted by atomic mass is 35.5. The van der Waals surface area contributed by atoms with E-state index in [2.05, 4.69) is 15.3 Å². The van der Waals surface area contributed by atoms with E-state index in [1.54, 1.807) is 0 Å². The average molecular weight is 390 g/mol. The smallest absolute Gasteiger partial charge is 0.345 e. The number of aromatic nitrogens is 2. The summed E-state index contributed by atoms with van der Waals surface area (Å²) in [5.74, 6) is -0.953. The molecule has 3 N–H and O–H groups in total. The van der Waals surface area contributed by atoms with Gasteiger partial charge in [-0.2, -0.15) is 4.98 Å². The minimum atomic E-state index is -0.900. The molecule has 1 heterocycles. The molecular formula is C19H20ClN3O4. The molecular weight excluding hydrogens is 370 g/mol. The fraction of sp³-hybridized carbons (Fsp3) is 0.368. The van der Waals surface area contributed by atoms with Crippen LogP contribution in [0.3, 0.4) is 0 Å². The van der Waals surface area contributed by atoms with Crippen LogP contribution >= 0.6 is 11.6 Å². The molecule has 1 saturated carbocycles. The van der Waals surface area contributed by atoms with Crippen LogP contribution in [0.2, 0.25) is 5.02 Å². The van der Waals surface area contributed by atoms with Crippen LogP contribution in [0.1, 0.15) is 58.5 Å². The first kappa shape index (κ1) is 19.3. The van der Waals surface area contributed by atoms with Crippen molar-refractivity contribution in [3.05, 3.63) is 62.8 Å². The molecule has 7 nitrogen and oxygen atoms in total. The van der Waals surface area contributed by atoms with Gasteiger partial charge in [0.05, 0.1) is 16.2 Å². The summed E-state index contributed by atoms with van der Waals surface area (Å²) in [4.78, 5) is 42.3. The zero-order valence-corrected chi connectivity index (χ0v) is 15.4. The van der Waals surface area contributed by atoms with Gasteiger partial charge in [-0.15, -0.1) is 0 Å². The molecule has 8 heteroatoms. The van der Waals surface area contributed by atoms with E-state index in [1.807, 2.05) is 0 Å². The van der Waals surface area contributed by atoms with Gasteiger partial charge in [0, 0.05) is 18.3 Å². The van der Waals surface area contributed by atoms with Gasteiger partial charge in [-0.3, -0.25) is 9.59 Å². The van der Waals surface area contributed by atoms with Crippen LogP contribution in [-0.2, 0) is 0 Å². The number of ketones is 1. The molecule has 3 rings (SSSR count). The summed E-state index contributed by atoms with van der Waals surface area (Å²) in [6.07, 6.45) is 5.57. The summed E-state index contributed by atoms with van der Waals surface area (Å²) in [7, 11) is 0. The van der Waals surface area contributed by atoms with E-state index in [-0.39, 0.29) is 28.4 Å². The Morgan fingerprint density at radius 3 is 2.67 bits per heavy atom. The fourth-order valence-electron chi connectivity index (χ4n) is 3.21. The summed E-state index contributed by atoms with van der Waals surface area (Å²) >= 11 is 6.12. The molecule has 0 aliphatic heterocycles. The van der Waals surface area contributed by atoms with Gasteiger partial charge in [-0.05, 0) is 37.1 Å². The van der Waals surface area contributed by atoms with E-state index in [1.165, 1.54) is 30.5 Å². The average Bonchev–Trinajstić information content (AvgIpc) is 2.66. The second-order valence-corrected chi connectivity index (χ2v) is 7.18. The topological polar surface area (TPSA) is 112 Å². The van der Waals surface area contributed by atoms with E-state index in [0.29, 0.717) is 12.8 Å². The molecule has 0 bridgehead atoms. The first-order valence-corrected chi connectivity index (χ1v) is 9.16. The minimum Gasteiger partial charge on any atom is -0.388 e. The maximum Gasteiger partial charge on any atom is 0.345 e. The lowest BCUT2D eigenvalue weighted by molar-refractivity contribution is 0.00525. The van der Waals surface area contributed by atoms with Crippen molar-refractivity contribution in [1.82, 2.24) is 15.3 Å². The number of aliphatic hydroxyl groups is 1. The van der Waals surface area contributed by atoms with E-state index < -0.39 is 23.0 Å². The zero-order chi connectivity index (χ0) is 19.4. The van der Waals surface area contributed by atoms with Crippen molar-refractivity contribution in [3.63, 3.8) is 0 Å². The normalized spacial score (nSPS) is 15.9. The minimum absolute atomic E-state index is 0.0241. The monoisotopic (exact) mass is 389 g/mol. The third kappa shape index (κ3) is 4.61. The number of amides is 1. The second-order valence-electron chi connectivity index (χ2n) is 6.77. The summed E-state index contributed by atoms with van der Waals surface area (Å²) < 4.78 is 0. The number of rotatable bonds is 5. The number of aromatic amines is 1. The maximum atomic E-state index is 12.5. The van der Waals surface area contributed by atoms with Crippen molar-refractivity contribution in [1.29, 1.82) is 0 Å². The van der Waals surface area contributed by atoms with Crippen LogP contribution in [0.25, 0.3) is 0 Å². The number of nitrogens with zero attached hydrogens (tertiary/aromatic N) is 1. The Kier molecular flexibility index (Phi) is 5.72. The summed E-state index contributed by atoms with van der Waals surface area (Å²) in [6.45, 7) is 0.135. The predicted octanol–water partition coefficient (Wildman–Crippen LogP) is 2.08. The second kappa shape index (κ2) is 8.02. The van der Waals surface area contributed by atoms with Gasteiger partial charge in [0.25, 0.3) is 5.91 Å². The van der Waals surface area contributed by atoms with Gasteiger partial charge in [-0.1, -0.05) is 30.9 Å². The van der Waals surface area contributed by atoms with Gasteiger partial charge in [0.15, 0.2) is 0 Å². The molecule has 27 heavy (non-hydrogen) atoms. The standard InChI is InChI=1S/C19H20ClN3O4/c20-14-5-4-12(16(24)15-6-9-21-18(26)23-15)10-13(14)17(25)22-11-19(27)7-2-1-3-8-19/h4-6,9-10,27H,1-3,7-8,11H2,(H,22,25)(H,21,23,26). The quantitative estimate of drug-likeness (QED) is 0.678. The molecule has 0 radical (unpaired) electrons. The van der Waals surface area contributed by atoms with Gasteiger partial charge in [-0.25, -0.2) is 4.79 Å². The first-order chi connectivity index (χ1) is 12.9. The molecule has 1 aromatic heterocycles. The lowest BCUT2D eigenvalue weighted by Crippen LogP contribution is -2.44. The van der Waals surface area contributed by atoms with E-state index in [0.717, 1.165) is 19.3 Å². The third-order valence-electron chi connectivity index (χ3n) is 4.74. The van der Waals surface area contributed by atoms with Gasteiger partial charge >= 0.3 is 5.69 Å². The van der Waals surface area contributed by atoms with Crippen LogP contribution in [0, 0.1) is 0 Å². The zero-order valence-electron chi connectivity index (χ0n) is 14.6. The van der Waals surface area contributed by atoms with E-state index in [9.17, 15) is 19.5 Å². The van der Waals surface area contributed by atoms with Crippen LogP contribution < -0.4 is 11.0 Å². The van der Waals surface area contributed by atoms with Crippen molar-refractivity contribution in [3.8, 4) is 0 Å². The number of carbonyl (C=O) groups excluding carboxylic acids is 2. The molecule has 0 spiro atoms. The van der Waals surface area contributed by atoms with Crippen LogP contribution in [0.5, 0.6) is 0 Å². The number of halogens is 1. The SMILES string of the molecule is O=C(c1ccc(Cl)c(C(=O)NCC2(O)CCCCC2)c1)c1cc[nH]c(=O)n1. The van der Waals surface area contributed by atoms with Gasteiger partial charge in [0.1, 0.15) is 5.69 Å². The Labute approximate surface area is 160 Å². The maximum absolute atomic E-state index is 12.5. The van der Waals surface area contributed by atoms with Crippen LogP contribution in [-0.4, -0.2) is 38.9 Å². The van der Waals surface area contributed by atoms with Crippen molar-refractivity contribution < 1.29 is 14.7 Å². The number of benzene rings is 1. The lowest BCUT2D eigenvalue weighted by atomic mass is 9.85. The van der Waals surface area contributed by atoms with E-state index in [4.69, 9.17) is 11.6 Å². The molecule has 2 aromatic rings. The van der Waals surface area contributed by atoms with Gasteiger partial charge in [0.2, 0.25) is 5.78 Å². The third-order valence-corrected chi connectivity index (χ3v) is 5.07. The molecule has 1 amide bonds. The Bertz CT molecular complexity index is 919. The Balaban J connectivity index is 1.77. The van der Waals surface area contributed by atoms with E-state index >= 15 is 0 Å². The molecule has 1 aliphatic rings. The van der Waals surface area contributed by atoms with Crippen LogP contribution in [0.4, 0.5) is 0 Å². The van der Waals surface area contributed by atoms with Gasteiger partial charge < -0.3 is 15.4 Å². The fourth-order valence-corrected chi connectivity index (χ4v) is 3.42. The molecule has 1 aliphatic carbocycles. The Morgan fingerprint density at radius 2 is 1.96 bits per heavy atom. The van der Waals surface area contributed by atoms with Crippen molar-refractivity contribution in [2.75, 3.05) is 6.54 Å². The molecule has 142 valence electrons. The van der Waals surface area contributed by atoms with Crippen molar-refractivity contribution >= 4 is 23.3 Å². The lowest BCUT2D eigenvalue weighted by Gasteiger charge is -2.32. The predicted molar refractivity (Wildman–Crippen MR) is 100 cm³/mol. The van der Waals surface area contributed by atoms with Crippen molar-refractivity contribution in [2.24, 2.45) is 0 Å². The highest BCUT2D eigenvalue weighted by Crippen LogP contribution is 2.27. The molecule has 1 fully saturated rings. The summed E-state index contributed by atoms with van der Waals surface area (Å²) in [6, 6.07) is 5.68. The summed E-state index contributed by atoms with van der Waals surface area (Å²) in [5, 5.41) is 13.4. The van der Waals surface area contributed by atoms with Crippen molar-refractivity contribution in [2.45, 2.75) is 37.7 Å². The van der Waals surface area contributed by atoms with Crippen LogP contribution in [0.15, 0.2) is 35.3 Å². The molecule has 0 unspecified atom stereocenters.